The first-order valence-corrected chi connectivity index (χ1v) is 7.96. The maximum atomic E-state index is 13.9. The third-order valence-corrected chi connectivity index (χ3v) is 4.40. The molecule has 1 atom stereocenters. The highest BCUT2D eigenvalue weighted by Crippen LogP contribution is 2.28. The molecule has 1 fully saturated rings. The van der Waals surface area contributed by atoms with E-state index in [4.69, 9.17) is 16.3 Å². The lowest BCUT2D eigenvalue weighted by atomic mass is 10.2. The lowest BCUT2D eigenvalue weighted by molar-refractivity contribution is 0.143. The summed E-state index contributed by atoms with van der Waals surface area (Å²) in [6, 6.07) is 4.70. The monoisotopic (exact) mass is 336 g/mol. The van der Waals surface area contributed by atoms with Gasteiger partial charge in [0.2, 0.25) is 0 Å². The minimum absolute atomic E-state index is 0.284. The number of ether oxygens (including phenoxy) is 1. The molecule has 1 aromatic rings. The predicted molar refractivity (Wildman–Crippen MR) is 82.4 cm³/mol. The van der Waals surface area contributed by atoms with Crippen LogP contribution in [0.2, 0.25) is 0 Å². The summed E-state index contributed by atoms with van der Waals surface area (Å²) in [5.74, 6) is 0.739. The van der Waals surface area contributed by atoms with E-state index in [1.807, 2.05) is 0 Å². The average molecular weight is 337 g/mol. The van der Waals surface area contributed by atoms with Gasteiger partial charge in [0, 0.05) is 23.1 Å². The van der Waals surface area contributed by atoms with Crippen LogP contribution < -0.4 is 9.62 Å². The van der Waals surface area contributed by atoms with Gasteiger partial charge in [-0.05, 0) is 18.2 Å². The zero-order valence-electron chi connectivity index (χ0n) is 10.5. The molecule has 20 heavy (non-hydrogen) atoms. The van der Waals surface area contributed by atoms with Crippen LogP contribution >= 0.6 is 36.2 Å². The Morgan fingerprint density at radius 3 is 3.05 bits per heavy atom. The van der Waals surface area contributed by atoms with E-state index in [0.717, 1.165) is 0 Å². The summed E-state index contributed by atoms with van der Waals surface area (Å²) < 4.78 is 21.7. The third-order valence-electron chi connectivity index (χ3n) is 2.75. The number of halogens is 2. The maximum Gasteiger partial charge on any atom is 0.414 e. The summed E-state index contributed by atoms with van der Waals surface area (Å²) >= 11 is 10.8. The molecule has 1 saturated heterocycles. The van der Waals surface area contributed by atoms with Crippen LogP contribution in [0.15, 0.2) is 23.1 Å². The van der Waals surface area contributed by atoms with Gasteiger partial charge < -0.3 is 4.74 Å². The minimum Gasteiger partial charge on any atom is -0.443 e. The van der Waals surface area contributed by atoms with Gasteiger partial charge in [-0.2, -0.15) is 0 Å². The molecule has 0 saturated carbocycles. The van der Waals surface area contributed by atoms with E-state index in [1.54, 1.807) is 12.1 Å². The highest BCUT2D eigenvalue weighted by atomic mass is 35.5. The highest BCUT2D eigenvalue weighted by molar-refractivity contribution is 7.99. The first kappa shape index (κ1) is 15.8. The number of rotatable bonds is 6. The molecule has 0 unspecified atom stereocenters. The third kappa shape index (κ3) is 3.72. The van der Waals surface area contributed by atoms with Gasteiger partial charge >= 0.3 is 6.09 Å². The van der Waals surface area contributed by atoms with Crippen LogP contribution in [-0.4, -0.2) is 36.9 Å². The van der Waals surface area contributed by atoms with Crippen molar-refractivity contribution >= 4 is 48.0 Å². The first-order valence-electron chi connectivity index (χ1n) is 5.99. The minimum atomic E-state index is -0.473. The fourth-order valence-electron chi connectivity index (χ4n) is 1.86. The Bertz CT molecular complexity index is 493. The first-order chi connectivity index (χ1) is 9.65. The number of anilines is 1. The van der Waals surface area contributed by atoms with Crippen molar-refractivity contribution in [1.29, 1.82) is 0 Å². The predicted octanol–water partition coefficient (Wildman–Crippen LogP) is 2.92. The van der Waals surface area contributed by atoms with Crippen molar-refractivity contribution in [3.63, 3.8) is 0 Å². The number of cyclic esters (lactones) is 1. The Hall–Kier alpha value is -0.630. The largest absolute Gasteiger partial charge is 0.443 e. The van der Waals surface area contributed by atoms with E-state index in [0.29, 0.717) is 35.3 Å². The molecule has 1 aliphatic rings. The van der Waals surface area contributed by atoms with Gasteiger partial charge in [0.1, 0.15) is 11.9 Å². The second-order valence-corrected chi connectivity index (χ2v) is 5.96. The van der Waals surface area contributed by atoms with Gasteiger partial charge in [0.25, 0.3) is 0 Å². The van der Waals surface area contributed by atoms with Gasteiger partial charge in [0.15, 0.2) is 0 Å². The average Bonchev–Trinajstić information content (AvgIpc) is 2.79. The maximum absolute atomic E-state index is 13.9. The van der Waals surface area contributed by atoms with Crippen molar-refractivity contribution in [2.75, 3.05) is 29.6 Å². The summed E-state index contributed by atoms with van der Waals surface area (Å²) in [6.45, 7) is 0.817. The molecule has 1 amide bonds. The summed E-state index contributed by atoms with van der Waals surface area (Å²) in [5.41, 5.74) is 0.490. The van der Waals surface area contributed by atoms with Crippen molar-refractivity contribution in [2.24, 2.45) is 0 Å². The van der Waals surface area contributed by atoms with Crippen molar-refractivity contribution in [3.8, 4) is 0 Å². The van der Waals surface area contributed by atoms with Crippen LogP contribution in [0.1, 0.15) is 0 Å². The van der Waals surface area contributed by atoms with Crippen molar-refractivity contribution < 1.29 is 13.9 Å². The Labute approximate surface area is 131 Å². The molecule has 0 aliphatic carbocycles. The second kappa shape index (κ2) is 7.40. The van der Waals surface area contributed by atoms with Gasteiger partial charge in [-0.15, -0.1) is 23.4 Å². The van der Waals surface area contributed by atoms with Gasteiger partial charge in [-0.25, -0.2) is 9.18 Å². The molecule has 0 radical (unpaired) electrons. The molecule has 1 aliphatic heterocycles. The van der Waals surface area contributed by atoms with Crippen molar-refractivity contribution in [3.05, 3.63) is 24.0 Å². The lowest BCUT2D eigenvalue weighted by Crippen LogP contribution is -2.27. The van der Waals surface area contributed by atoms with Crippen LogP contribution in [0, 0.1) is 5.82 Å². The molecule has 1 heterocycles. The fourth-order valence-corrected chi connectivity index (χ4v) is 2.96. The zero-order chi connectivity index (χ0) is 14.5. The highest BCUT2D eigenvalue weighted by Gasteiger charge is 2.32. The number of hydrogen-bond acceptors (Lipinski definition) is 5. The van der Waals surface area contributed by atoms with E-state index in [-0.39, 0.29) is 11.9 Å². The number of thiol groups is 1. The zero-order valence-corrected chi connectivity index (χ0v) is 13.0. The fraction of sp³-hybridized carbons (Fsp3) is 0.417. The molecule has 2 rings (SSSR count). The van der Waals surface area contributed by atoms with Crippen LogP contribution in [0.4, 0.5) is 14.9 Å². The van der Waals surface area contributed by atoms with Crippen molar-refractivity contribution in [1.82, 2.24) is 4.72 Å². The Morgan fingerprint density at radius 1 is 1.60 bits per heavy atom. The normalized spacial score (nSPS) is 18.4. The quantitative estimate of drug-likeness (QED) is 0.476. The molecule has 0 bridgehead atoms. The number of carbonyl (C=O) groups is 1. The standard InChI is InChI=1S/C12H14ClFN2O2S2/c13-3-4-20-11-2-1-8(5-10(11)14)16-7-9(6-15-19)18-12(16)17/h1-2,5,9,15,19H,3-4,6-7H2/t9-/m1/s1. The molecular weight excluding hydrogens is 323 g/mol. The van der Waals surface area contributed by atoms with E-state index in [1.165, 1.54) is 22.7 Å². The molecule has 110 valence electrons. The van der Waals surface area contributed by atoms with Gasteiger partial charge in [0.05, 0.1) is 12.2 Å². The molecule has 0 aromatic heterocycles. The molecular formula is C12H14ClFN2O2S2. The number of carbonyl (C=O) groups excluding carboxylic acids is 1. The smallest absolute Gasteiger partial charge is 0.414 e. The van der Waals surface area contributed by atoms with Crippen molar-refractivity contribution in [2.45, 2.75) is 11.0 Å². The molecule has 1 aromatic carbocycles. The van der Waals surface area contributed by atoms with E-state index in [9.17, 15) is 9.18 Å². The Kier molecular flexibility index (Phi) is 5.83. The topological polar surface area (TPSA) is 41.6 Å². The van der Waals surface area contributed by atoms with Crippen LogP contribution in [-0.2, 0) is 4.74 Å². The number of hydrogen-bond donors (Lipinski definition) is 2. The molecule has 4 nitrogen and oxygen atoms in total. The number of nitrogens with one attached hydrogen (secondary N) is 1. The Balaban J connectivity index is 2.09. The SMILES string of the molecule is O=C1O[C@H](CNS)CN1c1ccc(SCCCl)c(F)c1. The summed E-state index contributed by atoms with van der Waals surface area (Å²) in [5, 5.41) is 0. The van der Waals surface area contributed by atoms with Crippen LogP contribution in [0.3, 0.4) is 0 Å². The van der Waals surface area contributed by atoms with Gasteiger partial charge in [-0.1, -0.05) is 12.8 Å². The van der Waals surface area contributed by atoms with E-state index >= 15 is 0 Å². The molecule has 0 spiro atoms. The number of amides is 1. The van der Waals surface area contributed by atoms with E-state index < -0.39 is 6.09 Å². The lowest BCUT2D eigenvalue weighted by Gasteiger charge is -2.14. The summed E-state index contributed by atoms with van der Waals surface area (Å²) in [4.78, 5) is 13.7. The number of alkyl halides is 1. The summed E-state index contributed by atoms with van der Waals surface area (Å²) in [6.07, 6.45) is -0.757. The summed E-state index contributed by atoms with van der Waals surface area (Å²) in [7, 11) is 0. The number of benzene rings is 1. The van der Waals surface area contributed by atoms with Crippen LogP contribution in [0.5, 0.6) is 0 Å². The second-order valence-electron chi connectivity index (χ2n) is 4.13. The van der Waals surface area contributed by atoms with Gasteiger partial charge in [-0.3, -0.25) is 9.62 Å². The number of thioether (sulfide) groups is 1. The van der Waals surface area contributed by atoms with Crippen LogP contribution in [0.25, 0.3) is 0 Å². The Morgan fingerprint density at radius 2 is 2.40 bits per heavy atom. The molecule has 8 heteroatoms. The molecule has 1 N–H and O–H groups in total. The number of nitrogens with zero attached hydrogens (tertiary/aromatic N) is 1. The van der Waals surface area contributed by atoms with E-state index in [2.05, 4.69) is 17.5 Å².